The molecule has 1 aliphatic carbocycles. The third kappa shape index (κ3) is 2.67. The normalized spacial score (nSPS) is 21.8. The summed E-state index contributed by atoms with van der Waals surface area (Å²) in [5.41, 5.74) is 1.79. The minimum Gasteiger partial charge on any atom is -0.271 e. The fourth-order valence-electron chi connectivity index (χ4n) is 0.983. The molecule has 1 unspecified atom stereocenters. The van der Waals surface area contributed by atoms with E-state index in [0.717, 1.165) is 12.8 Å². The lowest BCUT2D eigenvalue weighted by Crippen LogP contribution is -2.46. The van der Waals surface area contributed by atoms with Crippen molar-refractivity contribution in [3.8, 4) is 0 Å². The second-order valence-electron chi connectivity index (χ2n) is 2.94. The standard InChI is InChI=1S/C6H11F3N2/c7-6(8,9)5(11-10)3-4-1-2-4/h4-5,11H,1-3,10H2. The zero-order valence-corrected chi connectivity index (χ0v) is 5.99. The molecule has 0 amide bonds. The first-order chi connectivity index (χ1) is 5.04. The smallest absolute Gasteiger partial charge is 0.271 e. The van der Waals surface area contributed by atoms with Crippen LogP contribution >= 0.6 is 0 Å². The number of nitrogens with two attached hydrogens (primary N) is 1. The van der Waals surface area contributed by atoms with Crippen LogP contribution in [0.15, 0.2) is 0 Å². The second kappa shape index (κ2) is 2.98. The maximum atomic E-state index is 12.0. The summed E-state index contributed by atoms with van der Waals surface area (Å²) in [7, 11) is 0. The molecule has 1 fully saturated rings. The van der Waals surface area contributed by atoms with E-state index in [9.17, 15) is 13.2 Å². The van der Waals surface area contributed by atoms with Crippen molar-refractivity contribution < 1.29 is 13.2 Å². The van der Waals surface area contributed by atoms with Gasteiger partial charge < -0.3 is 0 Å². The summed E-state index contributed by atoms with van der Waals surface area (Å²) in [5, 5.41) is 0. The molecule has 0 aromatic heterocycles. The minimum absolute atomic E-state index is 0.125. The van der Waals surface area contributed by atoms with E-state index >= 15 is 0 Å². The lowest BCUT2D eigenvalue weighted by molar-refractivity contribution is -0.158. The Kier molecular flexibility index (Phi) is 2.39. The Labute approximate surface area is 62.9 Å². The van der Waals surface area contributed by atoms with E-state index < -0.39 is 12.2 Å². The van der Waals surface area contributed by atoms with Crippen molar-refractivity contribution in [3.63, 3.8) is 0 Å². The van der Waals surface area contributed by atoms with Crippen molar-refractivity contribution >= 4 is 0 Å². The van der Waals surface area contributed by atoms with Crippen molar-refractivity contribution in [3.05, 3.63) is 0 Å². The third-order valence-corrected chi connectivity index (χ3v) is 1.86. The fourth-order valence-corrected chi connectivity index (χ4v) is 0.983. The van der Waals surface area contributed by atoms with Crippen LogP contribution in [0.25, 0.3) is 0 Å². The van der Waals surface area contributed by atoms with E-state index in [-0.39, 0.29) is 12.3 Å². The summed E-state index contributed by atoms with van der Waals surface area (Å²) in [6, 6.07) is -1.52. The van der Waals surface area contributed by atoms with Gasteiger partial charge in [0.1, 0.15) is 6.04 Å². The highest BCUT2D eigenvalue weighted by Crippen LogP contribution is 2.37. The molecular formula is C6H11F3N2. The maximum absolute atomic E-state index is 12.0. The Morgan fingerprint density at radius 3 is 2.27 bits per heavy atom. The number of halogens is 3. The second-order valence-corrected chi connectivity index (χ2v) is 2.94. The van der Waals surface area contributed by atoms with Crippen LogP contribution in [0.3, 0.4) is 0 Å². The van der Waals surface area contributed by atoms with E-state index in [2.05, 4.69) is 0 Å². The van der Waals surface area contributed by atoms with Gasteiger partial charge in [-0.25, -0.2) is 5.43 Å². The van der Waals surface area contributed by atoms with Gasteiger partial charge in [-0.3, -0.25) is 5.84 Å². The number of nitrogens with one attached hydrogen (secondary N) is 1. The molecule has 0 bridgehead atoms. The van der Waals surface area contributed by atoms with Gasteiger partial charge in [-0.05, 0) is 12.3 Å². The number of rotatable bonds is 3. The van der Waals surface area contributed by atoms with Crippen molar-refractivity contribution in [1.29, 1.82) is 0 Å². The van der Waals surface area contributed by atoms with Gasteiger partial charge in [-0.15, -0.1) is 0 Å². The molecule has 1 aliphatic rings. The summed E-state index contributed by atoms with van der Waals surface area (Å²) in [4.78, 5) is 0. The fraction of sp³-hybridized carbons (Fsp3) is 1.00. The minimum atomic E-state index is -4.20. The average Bonchev–Trinajstić information content (AvgIpc) is 2.62. The first-order valence-electron chi connectivity index (χ1n) is 3.57. The maximum Gasteiger partial charge on any atom is 0.405 e. The average molecular weight is 168 g/mol. The van der Waals surface area contributed by atoms with Crippen LogP contribution in [0.5, 0.6) is 0 Å². The third-order valence-electron chi connectivity index (χ3n) is 1.86. The molecule has 5 heteroatoms. The van der Waals surface area contributed by atoms with Crippen LogP contribution < -0.4 is 11.3 Å². The van der Waals surface area contributed by atoms with Crippen molar-refractivity contribution in [2.45, 2.75) is 31.5 Å². The summed E-state index contributed by atoms with van der Waals surface area (Å²) in [6.45, 7) is 0. The predicted octanol–water partition coefficient (Wildman–Crippen LogP) is 1.18. The van der Waals surface area contributed by atoms with E-state index in [1.807, 2.05) is 0 Å². The van der Waals surface area contributed by atoms with Gasteiger partial charge in [-0.1, -0.05) is 12.8 Å². The number of hydrogen-bond donors (Lipinski definition) is 2. The molecule has 11 heavy (non-hydrogen) atoms. The molecule has 0 heterocycles. The lowest BCUT2D eigenvalue weighted by Gasteiger charge is -2.18. The Balaban J connectivity index is 2.34. The topological polar surface area (TPSA) is 38.0 Å². The Morgan fingerprint density at radius 2 is 2.00 bits per heavy atom. The molecule has 0 aromatic rings. The number of hydrogen-bond acceptors (Lipinski definition) is 2. The Hall–Kier alpha value is -0.290. The van der Waals surface area contributed by atoms with Gasteiger partial charge >= 0.3 is 6.18 Å². The van der Waals surface area contributed by atoms with Crippen LogP contribution in [-0.2, 0) is 0 Å². The van der Waals surface area contributed by atoms with Crippen molar-refractivity contribution in [1.82, 2.24) is 5.43 Å². The Morgan fingerprint density at radius 1 is 1.45 bits per heavy atom. The summed E-state index contributed by atoms with van der Waals surface area (Å²) < 4.78 is 35.9. The van der Waals surface area contributed by atoms with Gasteiger partial charge in [0.15, 0.2) is 0 Å². The van der Waals surface area contributed by atoms with Gasteiger partial charge in [-0.2, -0.15) is 13.2 Å². The van der Waals surface area contributed by atoms with E-state index in [4.69, 9.17) is 5.84 Å². The van der Waals surface area contributed by atoms with Crippen molar-refractivity contribution in [2.24, 2.45) is 11.8 Å². The molecule has 1 saturated carbocycles. The molecule has 3 N–H and O–H groups in total. The van der Waals surface area contributed by atoms with Gasteiger partial charge in [0.05, 0.1) is 0 Å². The quantitative estimate of drug-likeness (QED) is 0.490. The van der Waals surface area contributed by atoms with Crippen LogP contribution in [0.2, 0.25) is 0 Å². The zero-order valence-electron chi connectivity index (χ0n) is 5.99. The molecule has 1 rings (SSSR count). The molecule has 0 radical (unpaired) electrons. The Bertz CT molecular complexity index is 130. The SMILES string of the molecule is NNC(CC1CC1)C(F)(F)F. The van der Waals surface area contributed by atoms with E-state index in [1.165, 1.54) is 0 Å². The molecule has 1 atom stereocenters. The molecule has 0 aliphatic heterocycles. The van der Waals surface area contributed by atoms with Crippen LogP contribution in [-0.4, -0.2) is 12.2 Å². The molecule has 0 saturated heterocycles. The van der Waals surface area contributed by atoms with E-state index in [0.29, 0.717) is 0 Å². The predicted molar refractivity (Wildman–Crippen MR) is 34.5 cm³/mol. The highest BCUT2D eigenvalue weighted by atomic mass is 19.4. The molecule has 0 spiro atoms. The van der Waals surface area contributed by atoms with Crippen molar-refractivity contribution in [2.75, 3.05) is 0 Å². The highest BCUT2D eigenvalue weighted by Gasteiger charge is 2.41. The van der Waals surface area contributed by atoms with Gasteiger partial charge in [0, 0.05) is 0 Å². The van der Waals surface area contributed by atoms with Gasteiger partial charge in [0.25, 0.3) is 0 Å². The lowest BCUT2D eigenvalue weighted by atomic mass is 10.1. The van der Waals surface area contributed by atoms with Gasteiger partial charge in [0.2, 0.25) is 0 Å². The zero-order chi connectivity index (χ0) is 8.48. The molecule has 66 valence electrons. The first kappa shape index (κ1) is 8.80. The van der Waals surface area contributed by atoms with Crippen LogP contribution in [0.1, 0.15) is 19.3 Å². The highest BCUT2D eigenvalue weighted by molar-refractivity contribution is 4.82. The molecule has 2 nitrogen and oxygen atoms in total. The largest absolute Gasteiger partial charge is 0.405 e. The van der Waals surface area contributed by atoms with E-state index in [1.54, 1.807) is 5.43 Å². The summed E-state index contributed by atoms with van der Waals surface area (Å²) in [5.74, 6) is 5.00. The van der Waals surface area contributed by atoms with Crippen LogP contribution in [0, 0.1) is 5.92 Å². The molecule has 0 aromatic carbocycles. The number of alkyl halides is 3. The summed E-state index contributed by atoms with van der Waals surface area (Å²) >= 11 is 0. The monoisotopic (exact) mass is 168 g/mol. The number of hydrazine groups is 1. The summed E-state index contributed by atoms with van der Waals surface area (Å²) in [6.07, 6.45) is -2.25. The first-order valence-corrected chi connectivity index (χ1v) is 3.57. The van der Waals surface area contributed by atoms with Crippen LogP contribution in [0.4, 0.5) is 13.2 Å². The molecular weight excluding hydrogens is 157 g/mol.